The first kappa shape index (κ1) is 19.4. The highest BCUT2D eigenvalue weighted by Gasteiger charge is 2.21. The third kappa shape index (κ3) is 3.67. The SMILES string of the molecule is O=C(Nc1ccc(-c2nc(-c3ccc4c(c3)nnn4C3CCCC3)no2)cc1)c1ccco1. The molecule has 1 aliphatic rings. The monoisotopic (exact) mass is 440 g/mol. The molecule has 5 aromatic rings. The highest BCUT2D eigenvalue weighted by molar-refractivity contribution is 6.02. The van der Waals surface area contributed by atoms with E-state index in [4.69, 9.17) is 8.94 Å². The molecule has 9 nitrogen and oxygen atoms in total. The fourth-order valence-electron chi connectivity index (χ4n) is 4.25. The fourth-order valence-corrected chi connectivity index (χ4v) is 4.25. The van der Waals surface area contributed by atoms with Crippen molar-refractivity contribution >= 4 is 22.6 Å². The first-order chi connectivity index (χ1) is 16.2. The lowest BCUT2D eigenvalue weighted by atomic mass is 10.1. The summed E-state index contributed by atoms with van der Waals surface area (Å²) in [6.07, 6.45) is 6.25. The van der Waals surface area contributed by atoms with Gasteiger partial charge >= 0.3 is 0 Å². The number of furan rings is 1. The van der Waals surface area contributed by atoms with Crippen molar-refractivity contribution in [1.29, 1.82) is 0 Å². The molecule has 0 bridgehead atoms. The smallest absolute Gasteiger partial charge is 0.291 e. The summed E-state index contributed by atoms with van der Waals surface area (Å²) in [6, 6.07) is 16.8. The summed E-state index contributed by atoms with van der Waals surface area (Å²) in [5.74, 6) is 0.815. The Morgan fingerprint density at radius 3 is 2.64 bits per heavy atom. The van der Waals surface area contributed by atoms with Crippen molar-refractivity contribution in [1.82, 2.24) is 25.1 Å². The zero-order valence-electron chi connectivity index (χ0n) is 17.6. The average molecular weight is 440 g/mol. The maximum atomic E-state index is 12.1. The molecule has 1 aliphatic carbocycles. The Bertz CT molecular complexity index is 1410. The first-order valence-electron chi connectivity index (χ1n) is 10.9. The van der Waals surface area contributed by atoms with E-state index in [1.807, 2.05) is 35.0 Å². The fraction of sp³-hybridized carbons (Fsp3) is 0.208. The van der Waals surface area contributed by atoms with Gasteiger partial charge in [-0.3, -0.25) is 4.79 Å². The summed E-state index contributed by atoms with van der Waals surface area (Å²) < 4.78 is 12.6. The lowest BCUT2D eigenvalue weighted by Gasteiger charge is -2.09. The van der Waals surface area contributed by atoms with Crippen molar-refractivity contribution in [3.05, 3.63) is 66.6 Å². The van der Waals surface area contributed by atoms with Gasteiger partial charge in [0.05, 0.1) is 17.8 Å². The molecule has 0 atom stereocenters. The normalized spacial score (nSPS) is 14.2. The van der Waals surface area contributed by atoms with E-state index in [1.54, 1.807) is 24.3 Å². The van der Waals surface area contributed by atoms with Crippen LogP contribution in [0.15, 0.2) is 69.8 Å². The number of rotatable bonds is 5. The molecule has 1 fully saturated rings. The van der Waals surface area contributed by atoms with Gasteiger partial charge in [-0.25, -0.2) is 4.68 Å². The predicted octanol–water partition coefficient (Wildman–Crippen LogP) is 5.11. The minimum atomic E-state index is -0.312. The molecule has 6 rings (SSSR count). The Balaban J connectivity index is 1.21. The van der Waals surface area contributed by atoms with Crippen LogP contribution in [0.4, 0.5) is 5.69 Å². The van der Waals surface area contributed by atoms with Crippen LogP contribution in [0.25, 0.3) is 33.9 Å². The van der Waals surface area contributed by atoms with Gasteiger partial charge in [-0.05, 0) is 67.4 Å². The van der Waals surface area contributed by atoms with Crippen LogP contribution in [0.2, 0.25) is 0 Å². The first-order valence-corrected chi connectivity index (χ1v) is 10.9. The molecule has 3 aromatic heterocycles. The lowest BCUT2D eigenvalue weighted by Crippen LogP contribution is -2.10. The minimum absolute atomic E-state index is 0.251. The van der Waals surface area contributed by atoms with Crippen LogP contribution in [0.1, 0.15) is 42.3 Å². The summed E-state index contributed by atoms with van der Waals surface area (Å²) >= 11 is 0. The Labute approximate surface area is 188 Å². The summed E-state index contributed by atoms with van der Waals surface area (Å²) in [7, 11) is 0. The van der Waals surface area contributed by atoms with Gasteiger partial charge in [-0.15, -0.1) is 5.10 Å². The van der Waals surface area contributed by atoms with Gasteiger partial charge in [0.1, 0.15) is 5.52 Å². The number of hydrogen-bond acceptors (Lipinski definition) is 7. The second-order valence-electron chi connectivity index (χ2n) is 8.11. The summed E-state index contributed by atoms with van der Waals surface area (Å²) in [6.45, 7) is 0. The molecule has 3 heterocycles. The Morgan fingerprint density at radius 2 is 1.85 bits per heavy atom. The molecule has 1 saturated carbocycles. The molecule has 1 N–H and O–H groups in total. The molecule has 1 amide bonds. The topological polar surface area (TPSA) is 112 Å². The van der Waals surface area contributed by atoms with E-state index < -0.39 is 0 Å². The Hall–Kier alpha value is -4.27. The van der Waals surface area contributed by atoms with Crippen LogP contribution in [0.5, 0.6) is 0 Å². The largest absolute Gasteiger partial charge is 0.459 e. The number of nitrogens with zero attached hydrogens (tertiary/aromatic N) is 5. The van der Waals surface area contributed by atoms with Crippen LogP contribution >= 0.6 is 0 Å². The number of benzene rings is 2. The van der Waals surface area contributed by atoms with Crippen LogP contribution in [-0.2, 0) is 0 Å². The molecule has 164 valence electrons. The second-order valence-corrected chi connectivity index (χ2v) is 8.11. The summed E-state index contributed by atoms with van der Waals surface area (Å²) in [4.78, 5) is 16.6. The van der Waals surface area contributed by atoms with E-state index in [0.29, 0.717) is 23.4 Å². The summed E-state index contributed by atoms with van der Waals surface area (Å²) in [5, 5.41) is 15.6. The van der Waals surface area contributed by atoms with Gasteiger partial charge in [0.2, 0.25) is 5.82 Å². The van der Waals surface area contributed by atoms with Crippen LogP contribution < -0.4 is 5.32 Å². The number of anilines is 1. The van der Waals surface area contributed by atoms with E-state index in [0.717, 1.165) is 35.0 Å². The van der Waals surface area contributed by atoms with Crippen molar-refractivity contribution < 1.29 is 13.7 Å². The van der Waals surface area contributed by atoms with Crippen LogP contribution in [-0.4, -0.2) is 31.0 Å². The quantitative estimate of drug-likeness (QED) is 0.404. The highest BCUT2D eigenvalue weighted by Crippen LogP contribution is 2.32. The van der Waals surface area contributed by atoms with Gasteiger partial charge in [0.15, 0.2) is 5.76 Å². The van der Waals surface area contributed by atoms with E-state index in [1.165, 1.54) is 19.1 Å². The van der Waals surface area contributed by atoms with Crippen LogP contribution in [0.3, 0.4) is 0 Å². The van der Waals surface area contributed by atoms with Crippen molar-refractivity contribution in [2.24, 2.45) is 0 Å². The number of nitrogens with one attached hydrogen (secondary N) is 1. The number of carbonyl (C=O) groups excluding carboxylic acids is 1. The van der Waals surface area contributed by atoms with Gasteiger partial charge < -0.3 is 14.3 Å². The second kappa shape index (κ2) is 8.01. The van der Waals surface area contributed by atoms with Crippen molar-refractivity contribution in [2.45, 2.75) is 31.7 Å². The molecule has 9 heteroatoms. The number of hydrogen-bond donors (Lipinski definition) is 1. The predicted molar refractivity (Wildman–Crippen MR) is 120 cm³/mol. The van der Waals surface area contributed by atoms with Gasteiger partial charge in [0, 0.05) is 16.8 Å². The maximum Gasteiger partial charge on any atom is 0.291 e. The van der Waals surface area contributed by atoms with E-state index >= 15 is 0 Å². The zero-order valence-corrected chi connectivity index (χ0v) is 17.6. The highest BCUT2D eigenvalue weighted by atomic mass is 16.5. The minimum Gasteiger partial charge on any atom is -0.459 e. The van der Waals surface area contributed by atoms with Gasteiger partial charge in [-0.2, -0.15) is 4.98 Å². The van der Waals surface area contributed by atoms with Gasteiger partial charge in [-0.1, -0.05) is 23.2 Å². The van der Waals surface area contributed by atoms with E-state index in [9.17, 15) is 4.79 Å². The molecule has 0 aliphatic heterocycles. The van der Waals surface area contributed by atoms with Gasteiger partial charge in [0.25, 0.3) is 11.8 Å². The molecule has 0 spiro atoms. The van der Waals surface area contributed by atoms with E-state index in [-0.39, 0.29) is 11.7 Å². The molecule has 2 aromatic carbocycles. The zero-order chi connectivity index (χ0) is 22.2. The number of amides is 1. The average Bonchev–Trinajstić information content (AvgIpc) is 3.65. The summed E-state index contributed by atoms with van der Waals surface area (Å²) in [5.41, 5.74) is 4.05. The third-order valence-corrected chi connectivity index (χ3v) is 5.96. The molecule has 0 radical (unpaired) electrons. The molecular weight excluding hydrogens is 420 g/mol. The van der Waals surface area contributed by atoms with Crippen molar-refractivity contribution in [3.8, 4) is 22.8 Å². The molecule has 33 heavy (non-hydrogen) atoms. The van der Waals surface area contributed by atoms with Crippen molar-refractivity contribution in [3.63, 3.8) is 0 Å². The third-order valence-electron chi connectivity index (χ3n) is 5.96. The number of aromatic nitrogens is 5. The maximum absolute atomic E-state index is 12.1. The number of fused-ring (bicyclic) bond motifs is 1. The Kier molecular flexibility index (Phi) is 4.71. The van der Waals surface area contributed by atoms with E-state index in [2.05, 4.69) is 25.8 Å². The van der Waals surface area contributed by atoms with Crippen molar-refractivity contribution in [2.75, 3.05) is 5.32 Å². The molecule has 0 saturated heterocycles. The molecule has 0 unspecified atom stereocenters. The Morgan fingerprint density at radius 1 is 1.03 bits per heavy atom. The standard InChI is InChI=1S/C24H20N6O3/c31-23(21-6-3-13-32-21)25-17-10-7-15(8-11-17)24-26-22(28-33-24)16-9-12-20-19(14-16)27-29-30(20)18-4-1-2-5-18/h3,6-14,18H,1-2,4-5H2,(H,25,31). The molecular formula is C24H20N6O3. The lowest BCUT2D eigenvalue weighted by molar-refractivity contribution is 0.0996. The number of carbonyl (C=O) groups is 1. The van der Waals surface area contributed by atoms with Crippen LogP contribution in [0, 0.1) is 0 Å².